The van der Waals surface area contributed by atoms with Crippen LogP contribution in [0.25, 0.3) is 6.08 Å². The van der Waals surface area contributed by atoms with Gasteiger partial charge in [0, 0.05) is 5.69 Å². The number of halogens is 2. The second-order valence-corrected chi connectivity index (χ2v) is 4.91. The average molecular weight is 333 g/mol. The molecule has 0 fully saturated rings. The van der Waals surface area contributed by atoms with Crippen molar-refractivity contribution >= 4 is 29.3 Å². The predicted octanol–water partition coefficient (Wildman–Crippen LogP) is 3.44. The Balaban J connectivity index is 2.26. The zero-order chi connectivity index (χ0) is 17.0. The molecule has 2 aromatic rings. The van der Waals surface area contributed by atoms with E-state index >= 15 is 0 Å². The molecule has 2 rings (SSSR count). The maximum atomic E-state index is 12.8. The van der Waals surface area contributed by atoms with Crippen molar-refractivity contribution in [2.24, 2.45) is 0 Å². The van der Waals surface area contributed by atoms with Crippen molar-refractivity contribution in [3.63, 3.8) is 0 Å². The van der Waals surface area contributed by atoms with Gasteiger partial charge in [-0.1, -0.05) is 11.6 Å². The van der Waals surface area contributed by atoms with Crippen molar-refractivity contribution in [3.05, 3.63) is 58.4 Å². The fourth-order valence-electron chi connectivity index (χ4n) is 1.74. The number of rotatable bonds is 3. The Morgan fingerprint density at radius 3 is 2.48 bits per heavy atom. The second-order valence-electron chi connectivity index (χ2n) is 4.50. The molecule has 7 heteroatoms. The molecule has 2 aromatic carbocycles. The standard InChI is InChI=1S/C16H10ClFN2O3/c17-13-6-9(7-14(21)15(13)22)5-10(8-19)16(23)20-12-3-1-11(18)2-4-12/h1-7,21-22H,(H,20,23)/b10-5+. The van der Waals surface area contributed by atoms with Gasteiger partial charge in [0.05, 0.1) is 5.02 Å². The third kappa shape index (κ3) is 3.99. The molecule has 0 saturated heterocycles. The number of phenols is 2. The quantitative estimate of drug-likeness (QED) is 0.456. The molecule has 0 unspecified atom stereocenters. The van der Waals surface area contributed by atoms with Crippen molar-refractivity contribution < 1.29 is 19.4 Å². The minimum atomic E-state index is -0.706. The number of hydrogen-bond acceptors (Lipinski definition) is 4. The number of phenolic OH excluding ortho intramolecular Hbond substituents is 2. The van der Waals surface area contributed by atoms with Gasteiger partial charge < -0.3 is 15.5 Å². The fourth-order valence-corrected chi connectivity index (χ4v) is 1.96. The number of anilines is 1. The number of aromatic hydroxyl groups is 2. The summed E-state index contributed by atoms with van der Waals surface area (Å²) in [5, 5.41) is 30.3. The number of nitrogens with one attached hydrogen (secondary N) is 1. The van der Waals surface area contributed by atoms with Crippen LogP contribution in [0.3, 0.4) is 0 Å². The van der Waals surface area contributed by atoms with Crippen LogP contribution in [0.5, 0.6) is 11.5 Å². The highest BCUT2D eigenvalue weighted by atomic mass is 35.5. The van der Waals surface area contributed by atoms with Gasteiger partial charge in [0.1, 0.15) is 17.5 Å². The van der Waals surface area contributed by atoms with E-state index in [2.05, 4.69) is 5.32 Å². The predicted molar refractivity (Wildman–Crippen MR) is 83.4 cm³/mol. The van der Waals surface area contributed by atoms with Crippen molar-refractivity contribution in [2.45, 2.75) is 0 Å². The minimum Gasteiger partial charge on any atom is -0.504 e. The van der Waals surface area contributed by atoms with Gasteiger partial charge in [-0.05, 0) is 48.0 Å². The van der Waals surface area contributed by atoms with Gasteiger partial charge in [-0.3, -0.25) is 4.79 Å². The second kappa shape index (κ2) is 6.81. The highest BCUT2D eigenvalue weighted by molar-refractivity contribution is 6.32. The van der Waals surface area contributed by atoms with Gasteiger partial charge in [-0.25, -0.2) is 4.39 Å². The highest BCUT2D eigenvalue weighted by Gasteiger charge is 2.12. The van der Waals surface area contributed by atoms with Crippen LogP contribution in [0.15, 0.2) is 42.0 Å². The van der Waals surface area contributed by atoms with E-state index in [1.165, 1.54) is 36.4 Å². The topological polar surface area (TPSA) is 93.3 Å². The first-order valence-corrected chi connectivity index (χ1v) is 6.68. The first-order chi connectivity index (χ1) is 10.9. The number of hydrogen-bond donors (Lipinski definition) is 3. The van der Waals surface area contributed by atoms with Gasteiger partial charge in [-0.15, -0.1) is 0 Å². The molecule has 116 valence electrons. The number of benzene rings is 2. The van der Waals surface area contributed by atoms with Crippen LogP contribution >= 0.6 is 11.6 Å². The lowest BCUT2D eigenvalue weighted by Gasteiger charge is -2.05. The molecule has 0 saturated carbocycles. The molecule has 0 aliphatic rings. The molecule has 0 aliphatic carbocycles. The third-order valence-corrected chi connectivity index (χ3v) is 3.13. The Morgan fingerprint density at radius 1 is 1.26 bits per heavy atom. The van der Waals surface area contributed by atoms with E-state index in [4.69, 9.17) is 16.9 Å². The summed E-state index contributed by atoms with van der Waals surface area (Å²) in [5.41, 5.74) is 0.329. The molecular formula is C16H10ClFN2O3. The highest BCUT2D eigenvalue weighted by Crippen LogP contribution is 2.34. The van der Waals surface area contributed by atoms with Crippen LogP contribution in [0.4, 0.5) is 10.1 Å². The van der Waals surface area contributed by atoms with E-state index < -0.39 is 23.2 Å². The van der Waals surface area contributed by atoms with Crippen LogP contribution in [0.1, 0.15) is 5.56 Å². The van der Waals surface area contributed by atoms with E-state index in [1.807, 2.05) is 0 Å². The van der Waals surface area contributed by atoms with Gasteiger partial charge in [0.25, 0.3) is 5.91 Å². The largest absolute Gasteiger partial charge is 0.504 e. The van der Waals surface area contributed by atoms with Crippen molar-refractivity contribution in [1.29, 1.82) is 5.26 Å². The Bertz CT molecular complexity index is 803. The first-order valence-electron chi connectivity index (χ1n) is 6.31. The summed E-state index contributed by atoms with van der Waals surface area (Å²) in [5.74, 6) is -2.12. The van der Waals surface area contributed by atoms with Gasteiger partial charge >= 0.3 is 0 Å². The lowest BCUT2D eigenvalue weighted by Crippen LogP contribution is -2.13. The molecule has 5 nitrogen and oxygen atoms in total. The van der Waals surface area contributed by atoms with E-state index in [1.54, 1.807) is 6.07 Å². The molecule has 3 N–H and O–H groups in total. The SMILES string of the molecule is N#C/C(=C\c1cc(O)c(O)c(Cl)c1)C(=O)Nc1ccc(F)cc1. The van der Waals surface area contributed by atoms with Gasteiger partial charge in [0.2, 0.25) is 0 Å². The van der Waals surface area contributed by atoms with Crippen LogP contribution in [-0.4, -0.2) is 16.1 Å². The maximum Gasteiger partial charge on any atom is 0.266 e. The summed E-state index contributed by atoms with van der Waals surface area (Å²) in [4.78, 5) is 12.0. The Morgan fingerprint density at radius 2 is 1.91 bits per heavy atom. The first kappa shape index (κ1) is 16.3. The van der Waals surface area contributed by atoms with Crippen LogP contribution < -0.4 is 5.32 Å². The number of amides is 1. The summed E-state index contributed by atoms with van der Waals surface area (Å²) >= 11 is 5.71. The summed E-state index contributed by atoms with van der Waals surface area (Å²) in [6.07, 6.45) is 1.20. The molecule has 0 aromatic heterocycles. The summed E-state index contributed by atoms with van der Waals surface area (Å²) < 4.78 is 12.8. The van der Waals surface area contributed by atoms with Crippen LogP contribution in [0.2, 0.25) is 5.02 Å². The van der Waals surface area contributed by atoms with Crippen LogP contribution in [0, 0.1) is 17.1 Å². The molecule has 1 amide bonds. The number of nitriles is 1. The van der Waals surface area contributed by atoms with Gasteiger partial charge in [-0.2, -0.15) is 5.26 Å². The number of carbonyl (C=O) groups is 1. The zero-order valence-corrected chi connectivity index (χ0v) is 12.3. The Labute approximate surface area is 135 Å². The summed E-state index contributed by atoms with van der Waals surface area (Å²) in [7, 11) is 0. The Kier molecular flexibility index (Phi) is 4.84. The molecular weight excluding hydrogens is 323 g/mol. The number of carbonyl (C=O) groups excluding carboxylic acids is 1. The van der Waals surface area contributed by atoms with E-state index in [9.17, 15) is 19.4 Å². The minimum absolute atomic E-state index is 0.118. The molecule has 0 heterocycles. The Hall–Kier alpha value is -3.04. The van der Waals surface area contributed by atoms with Crippen molar-refractivity contribution in [3.8, 4) is 17.6 Å². The smallest absolute Gasteiger partial charge is 0.266 e. The van der Waals surface area contributed by atoms with E-state index in [-0.39, 0.29) is 16.2 Å². The molecule has 0 bridgehead atoms. The third-order valence-electron chi connectivity index (χ3n) is 2.84. The van der Waals surface area contributed by atoms with Gasteiger partial charge in [0.15, 0.2) is 11.5 Å². The molecule has 0 atom stereocenters. The normalized spacial score (nSPS) is 10.9. The fraction of sp³-hybridized carbons (Fsp3) is 0. The van der Waals surface area contributed by atoms with Crippen LogP contribution in [-0.2, 0) is 4.79 Å². The van der Waals surface area contributed by atoms with Crippen molar-refractivity contribution in [2.75, 3.05) is 5.32 Å². The van der Waals surface area contributed by atoms with E-state index in [0.717, 1.165) is 6.07 Å². The molecule has 0 aliphatic heterocycles. The summed E-state index contributed by atoms with van der Waals surface area (Å²) in [6.45, 7) is 0. The monoisotopic (exact) mass is 332 g/mol. The van der Waals surface area contributed by atoms with Crippen molar-refractivity contribution in [1.82, 2.24) is 0 Å². The lowest BCUT2D eigenvalue weighted by atomic mass is 10.1. The molecule has 23 heavy (non-hydrogen) atoms. The zero-order valence-electron chi connectivity index (χ0n) is 11.5. The molecule has 0 spiro atoms. The average Bonchev–Trinajstić information content (AvgIpc) is 2.52. The van der Waals surface area contributed by atoms with E-state index in [0.29, 0.717) is 5.69 Å². The number of nitrogens with zero attached hydrogens (tertiary/aromatic N) is 1. The summed E-state index contributed by atoms with van der Waals surface area (Å²) in [6, 6.07) is 9.22. The molecule has 0 radical (unpaired) electrons. The maximum absolute atomic E-state index is 12.8. The lowest BCUT2D eigenvalue weighted by molar-refractivity contribution is -0.112.